The molecule has 0 aromatic heterocycles. The van der Waals surface area contributed by atoms with Crippen LogP contribution in [0.5, 0.6) is 0 Å². The van der Waals surface area contributed by atoms with Gasteiger partial charge < -0.3 is 14.8 Å². The highest BCUT2D eigenvalue weighted by molar-refractivity contribution is 5.89. The second-order valence-electron chi connectivity index (χ2n) is 7.31. The molecule has 0 unspecified atom stereocenters. The first-order valence-electron chi connectivity index (χ1n) is 8.62. The summed E-state index contributed by atoms with van der Waals surface area (Å²) in [4.78, 5) is 11.7. The lowest BCUT2D eigenvalue weighted by atomic mass is 9.90. The van der Waals surface area contributed by atoms with Crippen molar-refractivity contribution in [3.05, 3.63) is 59.2 Å². The van der Waals surface area contributed by atoms with E-state index in [0.717, 1.165) is 11.4 Å². The SMILES string of the molecule is CCOC(=O)c1ccc(Nc2ccc3c(c2)C(C)(C)OC3(C)C)cc1. The van der Waals surface area contributed by atoms with Crippen molar-refractivity contribution < 1.29 is 14.3 Å². The zero-order valence-electron chi connectivity index (χ0n) is 15.5. The second-order valence-corrected chi connectivity index (χ2v) is 7.31. The smallest absolute Gasteiger partial charge is 0.338 e. The highest BCUT2D eigenvalue weighted by Gasteiger charge is 2.42. The van der Waals surface area contributed by atoms with Gasteiger partial charge in [-0.15, -0.1) is 0 Å². The summed E-state index contributed by atoms with van der Waals surface area (Å²) >= 11 is 0. The van der Waals surface area contributed by atoms with Crippen LogP contribution in [0.3, 0.4) is 0 Å². The van der Waals surface area contributed by atoms with Crippen molar-refractivity contribution in [3.8, 4) is 0 Å². The van der Waals surface area contributed by atoms with Gasteiger partial charge in [-0.1, -0.05) is 6.07 Å². The number of nitrogens with one attached hydrogen (secondary N) is 1. The maximum absolute atomic E-state index is 11.7. The zero-order chi connectivity index (χ0) is 18.2. The second kappa shape index (κ2) is 6.19. The number of fused-ring (bicyclic) bond motifs is 1. The molecule has 0 atom stereocenters. The van der Waals surface area contributed by atoms with E-state index < -0.39 is 0 Å². The maximum atomic E-state index is 11.7. The number of hydrogen-bond acceptors (Lipinski definition) is 4. The number of carbonyl (C=O) groups is 1. The minimum atomic E-state index is -0.315. The summed E-state index contributed by atoms with van der Waals surface area (Å²) in [5.74, 6) is -0.298. The summed E-state index contributed by atoms with van der Waals surface area (Å²) in [6, 6.07) is 13.6. The highest BCUT2D eigenvalue weighted by atomic mass is 16.5. The Hall–Kier alpha value is -2.33. The van der Waals surface area contributed by atoms with Crippen molar-refractivity contribution >= 4 is 17.3 Å². The molecule has 0 fully saturated rings. The molecule has 25 heavy (non-hydrogen) atoms. The molecule has 4 heteroatoms. The van der Waals surface area contributed by atoms with Crippen LogP contribution in [0.25, 0.3) is 0 Å². The minimum absolute atomic E-state index is 0.279. The number of anilines is 2. The summed E-state index contributed by atoms with van der Waals surface area (Å²) in [6.07, 6.45) is 0. The van der Waals surface area contributed by atoms with Crippen molar-refractivity contribution in [2.45, 2.75) is 45.8 Å². The lowest BCUT2D eigenvalue weighted by molar-refractivity contribution is -0.105. The lowest BCUT2D eigenvalue weighted by Gasteiger charge is -2.24. The van der Waals surface area contributed by atoms with E-state index in [4.69, 9.17) is 9.47 Å². The Morgan fingerprint density at radius 1 is 0.960 bits per heavy atom. The van der Waals surface area contributed by atoms with Crippen LogP contribution >= 0.6 is 0 Å². The largest absolute Gasteiger partial charge is 0.462 e. The van der Waals surface area contributed by atoms with E-state index in [1.165, 1.54) is 11.1 Å². The molecule has 0 radical (unpaired) electrons. The first kappa shape index (κ1) is 17.5. The van der Waals surface area contributed by atoms with E-state index >= 15 is 0 Å². The Morgan fingerprint density at radius 2 is 1.56 bits per heavy atom. The van der Waals surface area contributed by atoms with Crippen molar-refractivity contribution in [2.24, 2.45) is 0 Å². The van der Waals surface area contributed by atoms with E-state index in [1.54, 1.807) is 19.1 Å². The topological polar surface area (TPSA) is 47.6 Å². The molecule has 4 nitrogen and oxygen atoms in total. The van der Waals surface area contributed by atoms with Gasteiger partial charge in [-0.25, -0.2) is 4.79 Å². The van der Waals surface area contributed by atoms with Gasteiger partial charge in [-0.05, 0) is 82.1 Å². The first-order valence-corrected chi connectivity index (χ1v) is 8.62. The molecule has 0 amide bonds. The van der Waals surface area contributed by atoms with Crippen LogP contribution < -0.4 is 5.32 Å². The fraction of sp³-hybridized carbons (Fsp3) is 0.381. The Bertz CT molecular complexity index is 791. The van der Waals surface area contributed by atoms with Crippen LogP contribution in [-0.2, 0) is 20.7 Å². The molecule has 1 heterocycles. The van der Waals surface area contributed by atoms with Gasteiger partial charge in [0.05, 0.1) is 23.4 Å². The Balaban J connectivity index is 1.82. The standard InChI is InChI=1S/C21H25NO3/c1-6-24-19(23)14-7-9-15(10-8-14)22-16-11-12-17-18(13-16)21(4,5)25-20(17,2)3/h7-13,22H,6H2,1-5H3. The van der Waals surface area contributed by atoms with Crippen molar-refractivity contribution in [1.29, 1.82) is 0 Å². The number of rotatable bonds is 4. The molecule has 1 aliphatic heterocycles. The van der Waals surface area contributed by atoms with E-state index in [0.29, 0.717) is 12.2 Å². The maximum Gasteiger partial charge on any atom is 0.338 e. The number of benzene rings is 2. The quantitative estimate of drug-likeness (QED) is 0.787. The monoisotopic (exact) mass is 339 g/mol. The molecule has 2 aromatic rings. The van der Waals surface area contributed by atoms with Crippen LogP contribution in [0.15, 0.2) is 42.5 Å². The third-order valence-electron chi connectivity index (χ3n) is 4.51. The van der Waals surface area contributed by atoms with Crippen molar-refractivity contribution in [3.63, 3.8) is 0 Å². The molecule has 0 aliphatic carbocycles. The van der Waals surface area contributed by atoms with Gasteiger partial charge in [0.25, 0.3) is 0 Å². The Labute approximate surface area is 149 Å². The highest BCUT2D eigenvalue weighted by Crippen LogP contribution is 2.47. The molecule has 0 saturated carbocycles. The van der Waals surface area contributed by atoms with Crippen LogP contribution in [0, 0.1) is 0 Å². The number of hydrogen-bond donors (Lipinski definition) is 1. The molecule has 0 bridgehead atoms. The van der Waals surface area contributed by atoms with Crippen LogP contribution in [-0.4, -0.2) is 12.6 Å². The van der Waals surface area contributed by atoms with Crippen molar-refractivity contribution in [2.75, 3.05) is 11.9 Å². The average molecular weight is 339 g/mol. The molecule has 0 saturated heterocycles. The van der Waals surface area contributed by atoms with E-state index in [9.17, 15) is 4.79 Å². The van der Waals surface area contributed by atoms with Gasteiger partial charge in [-0.3, -0.25) is 0 Å². The molecule has 1 N–H and O–H groups in total. The van der Waals surface area contributed by atoms with E-state index in [-0.39, 0.29) is 17.2 Å². The summed E-state index contributed by atoms with van der Waals surface area (Å²) in [5, 5.41) is 3.39. The molecule has 1 aliphatic rings. The summed E-state index contributed by atoms with van der Waals surface area (Å²) in [5.41, 5.74) is 4.30. The minimum Gasteiger partial charge on any atom is -0.462 e. The third-order valence-corrected chi connectivity index (χ3v) is 4.51. The van der Waals surface area contributed by atoms with Gasteiger partial charge in [0.1, 0.15) is 0 Å². The molecule has 132 valence electrons. The number of carbonyl (C=O) groups excluding carboxylic acids is 1. The summed E-state index contributed by atoms with van der Waals surface area (Å²) in [7, 11) is 0. The predicted octanol–water partition coefficient (Wildman–Crippen LogP) is 5.11. The first-order chi connectivity index (χ1) is 11.7. The predicted molar refractivity (Wildman–Crippen MR) is 99.3 cm³/mol. The van der Waals surface area contributed by atoms with Crippen molar-refractivity contribution in [1.82, 2.24) is 0 Å². The van der Waals surface area contributed by atoms with Crippen LogP contribution in [0.2, 0.25) is 0 Å². The molecular weight excluding hydrogens is 314 g/mol. The molecule has 0 spiro atoms. The zero-order valence-corrected chi connectivity index (χ0v) is 15.5. The fourth-order valence-corrected chi connectivity index (χ4v) is 3.46. The third kappa shape index (κ3) is 3.40. The lowest BCUT2D eigenvalue weighted by Crippen LogP contribution is -2.22. The fourth-order valence-electron chi connectivity index (χ4n) is 3.46. The molecule has 2 aromatic carbocycles. The van der Waals surface area contributed by atoms with E-state index in [1.807, 2.05) is 12.1 Å². The summed E-state index contributed by atoms with van der Waals surface area (Å²) < 4.78 is 11.2. The van der Waals surface area contributed by atoms with Gasteiger partial charge in [0.15, 0.2) is 0 Å². The molecular formula is C21H25NO3. The van der Waals surface area contributed by atoms with Gasteiger partial charge in [0.2, 0.25) is 0 Å². The Morgan fingerprint density at radius 3 is 2.20 bits per heavy atom. The number of esters is 1. The van der Waals surface area contributed by atoms with E-state index in [2.05, 4.69) is 51.2 Å². The molecule has 3 rings (SSSR count). The van der Waals surface area contributed by atoms with Crippen LogP contribution in [0.4, 0.5) is 11.4 Å². The average Bonchev–Trinajstić information content (AvgIpc) is 2.73. The van der Waals surface area contributed by atoms with Gasteiger partial charge in [0, 0.05) is 11.4 Å². The van der Waals surface area contributed by atoms with Gasteiger partial charge >= 0.3 is 5.97 Å². The summed E-state index contributed by atoms with van der Waals surface area (Å²) in [6.45, 7) is 10.6. The Kier molecular flexibility index (Phi) is 4.33. The number of ether oxygens (including phenoxy) is 2. The normalized spacial score (nSPS) is 17.0. The van der Waals surface area contributed by atoms with Crippen LogP contribution in [0.1, 0.15) is 56.1 Å². The van der Waals surface area contributed by atoms with Gasteiger partial charge in [-0.2, -0.15) is 0 Å².